The molecule has 4 heteroatoms. The van der Waals surface area contributed by atoms with Gasteiger partial charge in [0.05, 0.1) is 6.61 Å². The Morgan fingerprint density at radius 2 is 1.69 bits per heavy atom. The molecule has 0 bridgehead atoms. The van der Waals surface area contributed by atoms with Crippen molar-refractivity contribution in [2.75, 3.05) is 19.7 Å². The van der Waals surface area contributed by atoms with Gasteiger partial charge >= 0.3 is 5.97 Å². The zero-order chi connectivity index (χ0) is 18.0. The summed E-state index contributed by atoms with van der Waals surface area (Å²) in [7, 11) is 0. The number of likely N-dealkylation sites (tertiary alicyclic amines) is 1. The Labute approximate surface area is 155 Å². The number of hydrogen-bond acceptors (Lipinski definition) is 4. The molecule has 0 spiro atoms. The highest BCUT2D eigenvalue weighted by atomic mass is 16.5. The number of rotatable bonds is 9. The molecule has 0 unspecified atom stereocenters. The molecular weight excluding hydrogens is 326 g/mol. The second-order valence-corrected chi connectivity index (χ2v) is 6.76. The van der Waals surface area contributed by atoms with Gasteiger partial charge in [0.25, 0.3) is 0 Å². The minimum atomic E-state index is -0.111. The molecule has 1 saturated heterocycles. The van der Waals surface area contributed by atoms with Gasteiger partial charge in [-0.3, -0.25) is 9.69 Å². The van der Waals surface area contributed by atoms with Crippen molar-refractivity contribution in [1.82, 2.24) is 4.90 Å². The molecule has 1 fully saturated rings. The third kappa shape index (κ3) is 6.28. The molecule has 0 saturated carbocycles. The third-order valence-corrected chi connectivity index (χ3v) is 4.56. The number of esters is 1. The maximum absolute atomic E-state index is 12.0. The molecule has 3 rings (SSSR count). The number of ether oxygens (including phenoxy) is 2. The molecule has 138 valence electrons. The molecule has 1 aliphatic heterocycles. The predicted molar refractivity (Wildman–Crippen MR) is 102 cm³/mol. The molecule has 1 aliphatic rings. The van der Waals surface area contributed by atoms with E-state index in [9.17, 15) is 4.79 Å². The molecule has 1 heterocycles. The fraction of sp³-hybridized carbons (Fsp3) is 0.409. The van der Waals surface area contributed by atoms with E-state index in [4.69, 9.17) is 9.47 Å². The summed E-state index contributed by atoms with van der Waals surface area (Å²) in [4.78, 5) is 14.3. The minimum Gasteiger partial charge on any atom is -0.461 e. The van der Waals surface area contributed by atoms with E-state index in [0.717, 1.165) is 31.6 Å². The fourth-order valence-electron chi connectivity index (χ4n) is 3.21. The summed E-state index contributed by atoms with van der Waals surface area (Å²) in [6, 6.07) is 20.5. The van der Waals surface area contributed by atoms with Crippen LogP contribution in [0.25, 0.3) is 0 Å². The summed E-state index contributed by atoms with van der Waals surface area (Å²) in [6.45, 7) is 3.89. The maximum atomic E-state index is 12.0. The van der Waals surface area contributed by atoms with Gasteiger partial charge in [-0.05, 0) is 24.0 Å². The molecule has 1 atom stereocenters. The Kier molecular flexibility index (Phi) is 7.23. The van der Waals surface area contributed by atoms with E-state index in [-0.39, 0.29) is 12.1 Å². The standard InChI is InChI=1S/C22H27NO3/c24-22(12-7-15-25-18-20-10-5-2-6-11-20)26-21-13-14-23(17-21)16-19-8-3-1-4-9-19/h1-6,8-11,21H,7,12-18H2/t21-/m1/s1. The van der Waals surface area contributed by atoms with Crippen LogP contribution in [0.4, 0.5) is 0 Å². The lowest BCUT2D eigenvalue weighted by Gasteiger charge is -2.16. The largest absolute Gasteiger partial charge is 0.461 e. The average molecular weight is 353 g/mol. The molecule has 2 aromatic carbocycles. The number of nitrogens with zero attached hydrogens (tertiary/aromatic N) is 1. The summed E-state index contributed by atoms with van der Waals surface area (Å²) in [5.41, 5.74) is 2.45. The topological polar surface area (TPSA) is 38.8 Å². The van der Waals surface area contributed by atoms with Crippen molar-refractivity contribution in [3.63, 3.8) is 0 Å². The average Bonchev–Trinajstić information content (AvgIpc) is 3.10. The second kappa shape index (κ2) is 10.1. The zero-order valence-electron chi connectivity index (χ0n) is 15.2. The molecule has 0 N–H and O–H groups in total. The van der Waals surface area contributed by atoms with E-state index < -0.39 is 0 Å². The summed E-state index contributed by atoms with van der Waals surface area (Å²) in [5, 5.41) is 0. The fourth-order valence-corrected chi connectivity index (χ4v) is 3.21. The Morgan fingerprint density at radius 3 is 2.42 bits per heavy atom. The monoisotopic (exact) mass is 353 g/mol. The van der Waals surface area contributed by atoms with Crippen molar-refractivity contribution in [2.45, 2.75) is 38.5 Å². The van der Waals surface area contributed by atoms with E-state index >= 15 is 0 Å². The van der Waals surface area contributed by atoms with Crippen LogP contribution in [0.5, 0.6) is 0 Å². The summed E-state index contributed by atoms with van der Waals surface area (Å²) < 4.78 is 11.2. The molecule has 0 amide bonds. The summed E-state index contributed by atoms with van der Waals surface area (Å²) in [5.74, 6) is -0.111. The number of carbonyl (C=O) groups is 1. The van der Waals surface area contributed by atoms with Crippen molar-refractivity contribution in [3.05, 3.63) is 71.8 Å². The lowest BCUT2D eigenvalue weighted by Crippen LogP contribution is -2.24. The first kappa shape index (κ1) is 18.6. The molecule has 0 aromatic heterocycles. The van der Waals surface area contributed by atoms with Gasteiger partial charge in [-0.25, -0.2) is 0 Å². The zero-order valence-corrected chi connectivity index (χ0v) is 15.2. The third-order valence-electron chi connectivity index (χ3n) is 4.56. The smallest absolute Gasteiger partial charge is 0.306 e. The van der Waals surface area contributed by atoms with Crippen LogP contribution in [0.3, 0.4) is 0 Å². The molecule has 0 radical (unpaired) electrons. The highest BCUT2D eigenvalue weighted by Gasteiger charge is 2.25. The molecule has 2 aromatic rings. The quantitative estimate of drug-likeness (QED) is 0.508. The Bertz CT molecular complexity index is 660. The van der Waals surface area contributed by atoms with Gasteiger partial charge in [-0.1, -0.05) is 60.7 Å². The Hall–Kier alpha value is -2.17. The maximum Gasteiger partial charge on any atom is 0.306 e. The van der Waals surface area contributed by atoms with Crippen LogP contribution in [0.2, 0.25) is 0 Å². The first-order valence-corrected chi connectivity index (χ1v) is 9.37. The normalized spacial score (nSPS) is 17.3. The first-order valence-electron chi connectivity index (χ1n) is 9.37. The van der Waals surface area contributed by atoms with Crippen molar-refractivity contribution < 1.29 is 14.3 Å². The van der Waals surface area contributed by atoms with Crippen LogP contribution < -0.4 is 0 Å². The minimum absolute atomic E-state index is 0.0245. The summed E-state index contributed by atoms with van der Waals surface area (Å²) in [6.07, 6.45) is 2.07. The van der Waals surface area contributed by atoms with Gasteiger partial charge in [-0.15, -0.1) is 0 Å². The number of carbonyl (C=O) groups excluding carboxylic acids is 1. The van der Waals surface area contributed by atoms with E-state index in [0.29, 0.717) is 26.1 Å². The van der Waals surface area contributed by atoms with Gasteiger partial charge in [0, 0.05) is 32.7 Å². The lowest BCUT2D eigenvalue weighted by molar-refractivity contribution is -0.148. The van der Waals surface area contributed by atoms with Crippen molar-refractivity contribution >= 4 is 5.97 Å². The van der Waals surface area contributed by atoms with Gasteiger partial charge in [0.1, 0.15) is 6.10 Å². The number of benzene rings is 2. The van der Waals surface area contributed by atoms with Crippen LogP contribution in [-0.4, -0.2) is 36.7 Å². The Balaban J connectivity index is 1.27. The van der Waals surface area contributed by atoms with Crippen LogP contribution in [0.15, 0.2) is 60.7 Å². The van der Waals surface area contributed by atoms with Gasteiger partial charge in [0.2, 0.25) is 0 Å². The van der Waals surface area contributed by atoms with Crippen LogP contribution in [0, 0.1) is 0 Å². The summed E-state index contributed by atoms with van der Waals surface area (Å²) >= 11 is 0. The van der Waals surface area contributed by atoms with E-state index in [2.05, 4.69) is 29.2 Å². The first-order chi connectivity index (χ1) is 12.8. The van der Waals surface area contributed by atoms with Gasteiger partial charge < -0.3 is 9.47 Å². The number of hydrogen-bond donors (Lipinski definition) is 0. The lowest BCUT2D eigenvalue weighted by atomic mass is 10.2. The van der Waals surface area contributed by atoms with E-state index in [1.165, 1.54) is 5.56 Å². The molecular formula is C22H27NO3. The molecule has 0 aliphatic carbocycles. The van der Waals surface area contributed by atoms with E-state index in [1.807, 2.05) is 36.4 Å². The highest BCUT2D eigenvalue weighted by molar-refractivity contribution is 5.69. The van der Waals surface area contributed by atoms with Crippen molar-refractivity contribution in [2.24, 2.45) is 0 Å². The van der Waals surface area contributed by atoms with Crippen LogP contribution >= 0.6 is 0 Å². The van der Waals surface area contributed by atoms with Crippen molar-refractivity contribution in [3.8, 4) is 0 Å². The predicted octanol–water partition coefficient (Wildman–Crippen LogP) is 3.80. The van der Waals surface area contributed by atoms with Crippen molar-refractivity contribution in [1.29, 1.82) is 0 Å². The highest BCUT2D eigenvalue weighted by Crippen LogP contribution is 2.16. The SMILES string of the molecule is O=C(CCCOCc1ccccc1)O[C@@H]1CCN(Cc2ccccc2)C1. The van der Waals surface area contributed by atoms with Crippen LogP contribution in [-0.2, 0) is 27.4 Å². The van der Waals surface area contributed by atoms with Crippen LogP contribution in [0.1, 0.15) is 30.4 Å². The molecule has 4 nitrogen and oxygen atoms in total. The van der Waals surface area contributed by atoms with Gasteiger partial charge in [0.15, 0.2) is 0 Å². The molecule has 26 heavy (non-hydrogen) atoms. The van der Waals surface area contributed by atoms with E-state index in [1.54, 1.807) is 0 Å². The van der Waals surface area contributed by atoms with Gasteiger partial charge in [-0.2, -0.15) is 0 Å². The second-order valence-electron chi connectivity index (χ2n) is 6.76. The Morgan fingerprint density at radius 1 is 1.00 bits per heavy atom.